The molecule has 128 valence electrons. The Bertz CT molecular complexity index is 916. The Morgan fingerprint density at radius 2 is 1.88 bits per heavy atom. The first-order chi connectivity index (χ1) is 12.1. The number of nitrogens with zero attached hydrogens (tertiary/aromatic N) is 6. The van der Waals surface area contributed by atoms with Crippen LogP contribution >= 0.6 is 11.3 Å². The van der Waals surface area contributed by atoms with Crippen molar-refractivity contribution in [1.82, 2.24) is 20.2 Å². The quantitative estimate of drug-likeness (QED) is 0.753. The van der Waals surface area contributed by atoms with Gasteiger partial charge in [-0.15, -0.1) is 21.5 Å². The summed E-state index contributed by atoms with van der Waals surface area (Å²) >= 11 is 1.69. The van der Waals surface area contributed by atoms with Crippen molar-refractivity contribution >= 4 is 39.1 Å². The van der Waals surface area contributed by atoms with E-state index in [1.54, 1.807) is 29.8 Å². The van der Waals surface area contributed by atoms with E-state index in [1.165, 1.54) is 4.88 Å². The molecule has 9 heteroatoms. The minimum absolute atomic E-state index is 0.179. The van der Waals surface area contributed by atoms with Gasteiger partial charge in [0.05, 0.1) is 5.39 Å². The maximum atomic E-state index is 11.1. The van der Waals surface area contributed by atoms with Gasteiger partial charge in [-0.05, 0) is 25.1 Å². The molecular weight excluding hydrogens is 338 g/mol. The van der Waals surface area contributed by atoms with Gasteiger partial charge >= 0.3 is 0 Å². The summed E-state index contributed by atoms with van der Waals surface area (Å²) in [4.78, 5) is 26.6. The molecule has 0 unspecified atom stereocenters. The highest BCUT2D eigenvalue weighted by molar-refractivity contribution is 7.18. The third-order valence-electron chi connectivity index (χ3n) is 4.24. The number of fused-ring (bicyclic) bond motifs is 1. The van der Waals surface area contributed by atoms with Gasteiger partial charge in [0.1, 0.15) is 17.0 Å². The van der Waals surface area contributed by atoms with Crippen LogP contribution in [0.4, 0.5) is 11.6 Å². The number of amides is 1. The molecule has 1 amide bonds. The first-order valence-electron chi connectivity index (χ1n) is 7.96. The number of nitrogens with two attached hydrogens (primary N) is 1. The summed E-state index contributed by atoms with van der Waals surface area (Å²) in [7, 11) is 0. The summed E-state index contributed by atoms with van der Waals surface area (Å²) in [5.74, 6) is 1.18. The van der Waals surface area contributed by atoms with E-state index < -0.39 is 5.91 Å². The zero-order valence-corrected chi connectivity index (χ0v) is 14.5. The number of piperazine rings is 1. The van der Waals surface area contributed by atoms with Crippen molar-refractivity contribution in [2.24, 2.45) is 5.73 Å². The number of hydrogen-bond acceptors (Lipinski definition) is 8. The summed E-state index contributed by atoms with van der Waals surface area (Å²) in [5, 5.41) is 9.10. The standard InChI is InChI=1S/C16H17N7OS/c1-10-8-11-15(18-9-19-16(11)25-10)23-6-4-22(5-7-23)13-3-2-12(14(17)24)20-21-13/h2-3,8-9H,4-7H2,1H3,(H2,17,24). The molecule has 0 atom stereocenters. The molecule has 0 aliphatic carbocycles. The van der Waals surface area contributed by atoms with Crippen molar-refractivity contribution in [2.75, 3.05) is 36.0 Å². The topological polar surface area (TPSA) is 101 Å². The molecular formula is C16H17N7OS. The highest BCUT2D eigenvalue weighted by Gasteiger charge is 2.21. The molecule has 0 spiro atoms. The zero-order valence-electron chi connectivity index (χ0n) is 13.7. The molecule has 1 fully saturated rings. The van der Waals surface area contributed by atoms with Gasteiger partial charge in [-0.2, -0.15) is 0 Å². The number of primary amides is 1. The van der Waals surface area contributed by atoms with E-state index in [0.29, 0.717) is 0 Å². The molecule has 1 aliphatic heterocycles. The lowest BCUT2D eigenvalue weighted by Crippen LogP contribution is -2.47. The molecule has 3 aromatic heterocycles. The molecule has 0 bridgehead atoms. The molecule has 8 nitrogen and oxygen atoms in total. The molecule has 25 heavy (non-hydrogen) atoms. The van der Waals surface area contributed by atoms with Crippen LogP contribution in [0.15, 0.2) is 24.5 Å². The van der Waals surface area contributed by atoms with Crippen molar-refractivity contribution in [1.29, 1.82) is 0 Å². The highest BCUT2D eigenvalue weighted by atomic mass is 32.1. The van der Waals surface area contributed by atoms with E-state index in [1.807, 2.05) is 0 Å². The second kappa shape index (κ2) is 6.25. The molecule has 4 rings (SSSR count). The third-order valence-corrected chi connectivity index (χ3v) is 5.20. The summed E-state index contributed by atoms with van der Waals surface area (Å²) < 4.78 is 0. The maximum absolute atomic E-state index is 11.1. The van der Waals surface area contributed by atoms with Gasteiger partial charge in [0, 0.05) is 31.1 Å². The van der Waals surface area contributed by atoms with Gasteiger partial charge in [0.15, 0.2) is 11.5 Å². The van der Waals surface area contributed by atoms with Crippen LogP contribution in [0, 0.1) is 6.92 Å². The third kappa shape index (κ3) is 2.98. The lowest BCUT2D eigenvalue weighted by atomic mass is 10.2. The second-order valence-corrected chi connectivity index (χ2v) is 7.12. The molecule has 0 saturated carbocycles. The fourth-order valence-corrected chi connectivity index (χ4v) is 3.83. The average molecular weight is 355 g/mol. The van der Waals surface area contributed by atoms with Crippen molar-refractivity contribution in [3.05, 3.63) is 35.1 Å². The van der Waals surface area contributed by atoms with Gasteiger partial charge < -0.3 is 15.5 Å². The normalized spacial score (nSPS) is 14.9. The Kier molecular flexibility index (Phi) is 3.92. The van der Waals surface area contributed by atoms with Crippen molar-refractivity contribution in [3.63, 3.8) is 0 Å². The number of rotatable bonds is 3. The number of aromatic nitrogens is 4. The van der Waals surface area contributed by atoms with E-state index in [-0.39, 0.29) is 5.69 Å². The van der Waals surface area contributed by atoms with E-state index in [2.05, 4.69) is 43.0 Å². The number of carbonyl (C=O) groups excluding carboxylic acids is 1. The Balaban J connectivity index is 1.50. The monoisotopic (exact) mass is 355 g/mol. The van der Waals surface area contributed by atoms with Gasteiger partial charge in [0.25, 0.3) is 5.91 Å². The molecule has 3 aromatic rings. The number of carbonyl (C=O) groups is 1. The van der Waals surface area contributed by atoms with Crippen LogP contribution in [0.1, 0.15) is 15.4 Å². The SMILES string of the molecule is Cc1cc2c(N3CCN(c4ccc(C(N)=O)nn4)CC3)ncnc2s1. The summed E-state index contributed by atoms with van der Waals surface area (Å²) in [6, 6.07) is 5.54. The van der Waals surface area contributed by atoms with Gasteiger partial charge in [0.2, 0.25) is 0 Å². The Morgan fingerprint density at radius 1 is 1.12 bits per heavy atom. The average Bonchev–Trinajstić information content (AvgIpc) is 3.02. The van der Waals surface area contributed by atoms with Crippen LogP contribution in [-0.2, 0) is 0 Å². The predicted octanol–water partition coefficient (Wildman–Crippen LogP) is 1.22. The van der Waals surface area contributed by atoms with E-state index in [9.17, 15) is 4.79 Å². The number of aryl methyl sites for hydroxylation is 1. The molecule has 1 aliphatic rings. The predicted molar refractivity (Wildman–Crippen MR) is 97.1 cm³/mol. The van der Waals surface area contributed by atoms with Crippen molar-refractivity contribution in [3.8, 4) is 0 Å². The number of thiophene rings is 1. The van der Waals surface area contributed by atoms with Crippen molar-refractivity contribution in [2.45, 2.75) is 6.92 Å². The van der Waals surface area contributed by atoms with Crippen LogP contribution in [0.3, 0.4) is 0 Å². The number of anilines is 2. The Morgan fingerprint density at radius 3 is 2.56 bits per heavy atom. The van der Waals surface area contributed by atoms with E-state index >= 15 is 0 Å². The minimum Gasteiger partial charge on any atom is -0.364 e. The molecule has 0 aromatic carbocycles. The van der Waals surface area contributed by atoms with E-state index in [0.717, 1.165) is 48.0 Å². The summed E-state index contributed by atoms with van der Waals surface area (Å²) in [6.45, 7) is 5.36. The van der Waals surface area contributed by atoms with Gasteiger partial charge in [-0.3, -0.25) is 4.79 Å². The first kappa shape index (κ1) is 15.7. The molecule has 0 radical (unpaired) electrons. The van der Waals surface area contributed by atoms with Gasteiger partial charge in [-0.25, -0.2) is 9.97 Å². The van der Waals surface area contributed by atoms with Crippen LogP contribution in [0.25, 0.3) is 10.2 Å². The molecule has 1 saturated heterocycles. The van der Waals surface area contributed by atoms with Crippen LogP contribution in [0.5, 0.6) is 0 Å². The van der Waals surface area contributed by atoms with Crippen LogP contribution in [-0.4, -0.2) is 52.3 Å². The fraction of sp³-hybridized carbons (Fsp3) is 0.312. The first-order valence-corrected chi connectivity index (χ1v) is 8.78. The molecule has 2 N–H and O–H groups in total. The zero-order chi connectivity index (χ0) is 17.4. The van der Waals surface area contributed by atoms with Crippen molar-refractivity contribution < 1.29 is 4.79 Å². The minimum atomic E-state index is -0.567. The van der Waals surface area contributed by atoms with Crippen LogP contribution in [0.2, 0.25) is 0 Å². The van der Waals surface area contributed by atoms with E-state index in [4.69, 9.17) is 5.73 Å². The number of hydrogen-bond donors (Lipinski definition) is 1. The largest absolute Gasteiger partial charge is 0.364 e. The lowest BCUT2D eigenvalue weighted by Gasteiger charge is -2.36. The van der Waals surface area contributed by atoms with Crippen LogP contribution < -0.4 is 15.5 Å². The lowest BCUT2D eigenvalue weighted by molar-refractivity contribution is 0.0994. The highest BCUT2D eigenvalue weighted by Crippen LogP contribution is 2.30. The maximum Gasteiger partial charge on any atom is 0.269 e. The fourth-order valence-electron chi connectivity index (χ4n) is 2.99. The summed E-state index contributed by atoms with van der Waals surface area (Å²) in [6.07, 6.45) is 1.63. The smallest absolute Gasteiger partial charge is 0.269 e. The molecule has 4 heterocycles. The second-order valence-electron chi connectivity index (χ2n) is 5.89. The Hall–Kier alpha value is -2.81. The van der Waals surface area contributed by atoms with Gasteiger partial charge in [-0.1, -0.05) is 0 Å². The summed E-state index contributed by atoms with van der Waals surface area (Å²) in [5.41, 5.74) is 5.38. The Labute approximate surface area is 148 Å².